The molecule has 2 aromatic heterocycles. The van der Waals surface area contributed by atoms with E-state index in [2.05, 4.69) is 40.6 Å². The fraction of sp³-hybridized carbons (Fsp3) is 0.533. The second-order valence-corrected chi connectivity index (χ2v) is 6.74. The Hall–Kier alpha value is -2.31. The summed E-state index contributed by atoms with van der Waals surface area (Å²) < 4.78 is 0. The van der Waals surface area contributed by atoms with Crippen molar-refractivity contribution in [2.75, 3.05) is 24.5 Å². The average molecular weight is 303 g/mol. The number of fused-ring (bicyclic) bond motifs is 1. The van der Waals surface area contributed by atoms with Gasteiger partial charge in [-0.1, -0.05) is 20.8 Å². The second-order valence-electron chi connectivity index (χ2n) is 6.74. The molecule has 0 bridgehead atoms. The monoisotopic (exact) mass is 303 g/mol. The molecule has 1 amide bonds. The Labute approximate surface area is 129 Å². The first-order valence-electron chi connectivity index (χ1n) is 7.40. The third kappa shape index (κ3) is 2.47. The highest BCUT2D eigenvalue weighted by molar-refractivity contribution is 5.87. The van der Waals surface area contributed by atoms with Gasteiger partial charge in [0.05, 0.1) is 11.4 Å². The van der Waals surface area contributed by atoms with Crippen molar-refractivity contribution in [3.8, 4) is 0 Å². The van der Waals surface area contributed by atoms with Crippen LogP contribution in [0.4, 0.5) is 10.6 Å². The Morgan fingerprint density at radius 3 is 2.82 bits per heavy atom. The van der Waals surface area contributed by atoms with Crippen LogP contribution in [0.1, 0.15) is 20.8 Å². The Kier molecular flexibility index (Phi) is 3.42. The van der Waals surface area contributed by atoms with Gasteiger partial charge in [0.15, 0.2) is 0 Å². The van der Waals surface area contributed by atoms with Crippen molar-refractivity contribution in [2.24, 2.45) is 5.41 Å². The van der Waals surface area contributed by atoms with Crippen molar-refractivity contribution in [1.82, 2.24) is 19.9 Å². The third-order valence-electron chi connectivity index (χ3n) is 4.26. The zero-order valence-corrected chi connectivity index (χ0v) is 13.1. The Morgan fingerprint density at radius 2 is 2.14 bits per heavy atom. The lowest BCUT2D eigenvalue weighted by Crippen LogP contribution is -2.59. The van der Waals surface area contributed by atoms with E-state index in [4.69, 9.17) is 0 Å². The lowest BCUT2D eigenvalue weighted by molar-refractivity contribution is 0.0747. The fourth-order valence-electron chi connectivity index (χ4n) is 3.06. The van der Waals surface area contributed by atoms with Gasteiger partial charge in [-0.3, -0.25) is 0 Å². The first-order valence-corrected chi connectivity index (χ1v) is 7.40. The van der Waals surface area contributed by atoms with E-state index in [9.17, 15) is 9.90 Å². The van der Waals surface area contributed by atoms with Gasteiger partial charge in [-0.05, 0) is 11.5 Å². The molecule has 1 aliphatic rings. The molecule has 2 aromatic rings. The van der Waals surface area contributed by atoms with Gasteiger partial charge in [-0.2, -0.15) is 0 Å². The summed E-state index contributed by atoms with van der Waals surface area (Å²) >= 11 is 0. The number of nitrogens with one attached hydrogen (secondary N) is 1. The smallest absolute Gasteiger partial charge is 0.407 e. The van der Waals surface area contributed by atoms with Crippen molar-refractivity contribution in [3.05, 3.63) is 18.6 Å². The maximum Gasteiger partial charge on any atom is 0.407 e. The normalized spacial score (nSPS) is 19.7. The van der Waals surface area contributed by atoms with Gasteiger partial charge < -0.3 is 19.9 Å². The molecule has 0 aliphatic carbocycles. The molecule has 7 heteroatoms. The van der Waals surface area contributed by atoms with E-state index in [-0.39, 0.29) is 11.5 Å². The summed E-state index contributed by atoms with van der Waals surface area (Å²) in [6.07, 6.45) is 2.54. The Morgan fingerprint density at radius 1 is 1.36 bits per heavy atom. The molecule has 0 saturated carbocycles. The summed E-state index contributed by atoms with van der Waals surface area (Å²) in [6, 6.07) is 1.88. The van der Waals surface area contributed by atoms with Gasteiger partial charge in [0.1, 0.15) is 17.8 Å². The standard InChI is InChI=1S/C15H21N5O2/c1-15(2,3)11-8-19(6-7-20(11)14(21)22)13-10-4-5-16-12(10)17-9-18-13/h4-5,9,11H,6-8H2,1-3H3,(H,21,22)(H,16,17,18). The van der Waals surface area contributed by atoms with Crippen LogP contribution >= 0.6 is 0 Å². The maximum absolute atomic E-state index is 11.5. The predicted octanol–water partition coefficient (Wildman–Crippen LogP) is 2.17. The molecule has 22 heavy (non-hydrogen) atoms. The molecule has 0 aromatic carbocycles. The molecule has 3 rings (SSSR count). The largest absolute Gasteiger partial charge is 0.465 e. The van der Waals surface area contributed by atoms with Crippen LogP contribution in [0.15, 0.2) is 18.6 Å². The zero-order chi connectivity index (χ0) is 15.9. The van der Waals surface area contributed by atoms with E-state index >= 15 is 0 Å². The van der Waals surface area contributed by atoms with Crippen molar-refractivity contribution in [3.63, 3.8) is 0 Å². The molecular formula is C15H21N5O2. The molecule has 118 valence electrons. The van der Waals surface area contributed by atoms with Crippen molar-refractivity contribution < 1.29 is 9.90 Å². The third-order valence-corrected chi connectivity index (χ3v) is 4.26. The molecule has 7 nitrogen and oxygen atoms in total. The first kappa shape index (κ1) is 14.6. The molecule has 1 aliphatic heterocycles. The number of hydrogen-bond donors (Lipinski definition) is 2. The number of amides is 1. The predicted molar refractivity (Wildman–Crippen MR) is 84.1 cm³/mol. The molecule has 1 unspecified atom stereocenters. The number of carbonyl (C=O) groups is 1. The summed E-state index contributed by atoms with van der Waals surface area (Å²) in [4.78, 5) is 26.9. The minimum Gasteiger partial charge on any atom is -0.465 e. The number of carboxylic acid groups (broad SMARTS) is 1. The molecule has 1 fully saturated rings. The second kappa shape index (κ2) is 5.15. The number of aromatic nitrogens is 3. The summed E-state index contributed by atoms with van der Waals surface area (Å²) in [5.41, 5.74) is 0.666. The molecule has 0 radical (unpaired) electrons. The van der Waals surface area contributed by atoms with Crippen molar-refractivity contribution >= 4 is 22.9 Å². The number of rotatable bonds is 1. The average Bonchev–Trinajstić information content (AvgIpc) is 2.94. The van der Waals surface area contributed by atoms with Crippen molar-refractivity contribution in [2.45, 2.75) is 26.8 Å². The molecule has 1 saturated heterocycles. The highest BCUT2D eigenvalue weighted by atomic mass is 16.4. The molecular weight excluding hydrogens is 282 g/mol. The summed E-state index contributed by atoms with van der Waals surface area (Å²) in [5, 5.41) is 10.4. The van der Waals surface area contributed by atoms with Crippen LogP contribution in [-0.4, -0.2) is 56.7 Å². The van der Waals surface area contributed by atoms with Crippen LogP contribution in [0.5, 0.6) is 0 Å². The van der Waals surface area contributed by atoms with Crippen molar-refractivity contribution in [1.29, 1.82) is 0 Å². The Balaban J connectivity index is 1.94. The molecule has 1 atom stereocenters. The number of piperazine rings is 1. The van der Waals surface area contributed by atoms with E-state index < -0.39 is 6.09 Å². The van der Waals surface area contributed by atoms with E-state index in [1.54, 1.807) is 11.2 Å². The van der Waals surface area contributed by atoms with Crippen LogP contribution in [-0.2, 0) is 0 Å². The summed E-state index contributed by atoms with van der Waals surface area (Å²) in [7, 11) is 0. The minimum atomic E-state index is -0.853. The Bertz CT molecular complexity index is 691. The molecule has 0 spiro atoms. The lowest BCUT2D eigenvalue weighted by Gasteiger charge is -2.46. The van der Waals surface area contributed by atoms with Crippen LogP contribution in [0.25, 0.3) is 11.0 Å². The number of aromatic amines is 1. The van der Waals surface area contributed by atoms with Crippen LogP contribution in [0.2, 0.25) is 0 Å². The van der Waals surface area contributed by atoms with Crippen LogP contribution in [0.3, 0.4) is 0 Å². The minimum absolute atomic E-state index is 0.0808. The summed E-state index contributed by atoms with van der Waals surface area (Å²) in [5.74, 6) is 0.866. The van der Waals surface area contributed by atoms with Gasteiger partial charge in [-0.25, -0.2) is 14.8 Å². The van der Waals surface area contributed by atoms with E-state index in [1.165, 1.54) is 0 Å². The van der Waals surface area contributed by atoms with Crippen LogP contribution < -0.4 is 4.90 Å². The number of anilines is 1. The number of hydrogen-bond acceptors (Lipinski definition) is 4. The SMILES string of the molecule is CC(C)(C)C1CN(c2ncnc3[nH]ccc23)CCN1C(=O)O. The number of nitrogens with zero attached hydrogens (tertiary/aromatic N) is 4. The van der Waals surface area contributed by atoms with E-state index in [0.717, 1.165) is 16.9 Å². The lowest BCUT2D eigenvalue weighted by atomic mass is 9.84. The fourth-order valence-corrected chi connectivity index (χ4v) is 3.06. The highest BCUT2D eigenvalue weighted by Gasteiger charge is 2.38. The van der Waals surface area contributed by atoms with Gasteiger partial charge >= 0.3 is 6.09 Å². The van der Waals surface area contributed by atoms with Crippen LogP contribution in [0, 0.1) is 5.41 Å². The van der Waals surface area contributed by atoms with Gasteiger partial charge in [-0.15, -0.1) is 0 Å². The maximum atomic E-state index is 11.5. The quantitative estimate of drug-likeness (QED) is 0.843. The first-order chi connectivity index (χ1) is 10.4. The topological polar surface area (TPSA) is 85.4 Å². The van der Waals surface area contributed by atoms with Gasteiger partial charge in [0, 0.05) is 25.8 Å². The van der Waals surface area contributed by atoms with Gasteiger partial charge in [0.25, 0.3) is 0 Å². The molecule has 2 N–H and O–H groups in total. The molecule has 3 heterocycles. The zero-order valence-electron chi connectivity index (χ0n) is 13.1. The summed E-state index contributed by atoms with van der Waals surface area (Å²) in [6.45, 7) is 7.96. The van der Waals surface area contributed by atoms with E-state index in [1.807, 2.05) is 12.3 Å². The highest BCUT2D eigenvalue weighted by Crippen LogP contribution is 2.31. The van der Waals surface area contributed by atoms with Gasteiger partial charge in [0.2, 0.25) is 0 Å². The number of H-pyrrole nitrogens is 1. The van der Waals surface area contributed by atoms with E-state index in [0.29, 0.717) is 19.6 Å².